The molecule has 0 bridgehead atoms. The van der Waals surface area contributed by atoms with Gasteiger partial charge in [-0.25, -0.2) is 9.97 Å². The Morgan fingerprint density at radius 3 is 2.33 bits per heavy atom. The summed E-state index contributed by atoms with van der Waals surface area (Å²) in [4.78, 5) is 8.98. The molecule has 120 valence electrons. The molecule has 0 aromatic carbocycles. The van der Waals surface area contributed by atoms with E-state index in [1.807, 2.05) is 6.07 Å². The normalized spacial score (nSPS) is 10.9. The van der Waals surface area contributed by atoms with Crippen molar-refractivity contribution in [2.45, 2.75) is 47.0 Å². The highest BCUT2D eigenvalue weighted by Gasteiger charge is 2.03. The second-order valence-electron chi connectivity index (χ2n) is 5.58. The van der Waals surface area contributed by atoms with Crippen LogP contribution in [-0.2, 0) is 11.2 Å². The third-order valence-corrected chi connectivity index (χ3v) is 2.87. The molecular weight excluding hydrogens is 264 g/mol. The summed E-state index contributed by atoms with van der Waals surface area (Å²) < 4.78 is 5.57. The zero-order valence-corrected chi connectivity index (χ0v) is 13.9. The Morgan fingerprint density at radius 1 is 1.10 bits per heavy atom. The third kappa shape index (κ3) is 7.85. The Hall–Kier alpha value is -1.36. The number of hydrogen-bond donors (Lipinski definition) is 2. The molecule has 2 N–H and O–H groups in total. The molecule has 0 unspecified atom stereocenters. The average Bonchev–Trinajstić information content (AvgIpc) is 2.48. The minimum Gasteiger partial charge on any atom is -0.381 e. The number of hydrogen-bond acceptors (Lipinski definition) is 5. The molecule has 1 aromatic heterocycles. The van der Waals surface area contributed by atoms with E-state index in [0.717, 1.165) is 63.0 Å². The van der Waals surface area contributed by atoms with E-state index in [1.54, 1.807) is 0 Å². The number of anilines is 2. The van der Waals surface area contributed by atoms with Gasteiger partial charge in [0.1, 0.15) is 17.5 Å². The lowest BCUT2D eigenvalue weighted by Crippen LogP contribution is -2.11. The van der Waals surface area contributed by atoms with Crippen LogP contribution in [0.25, 0.3) is 0 Å². The molecule has 0 fully saturated rings. The van der Waals surface area contributed by atoms with Crippen LogP contribution in [0, 0.1) is 5.92 Å². The van der Waals surface area contributed by atoms with E-state index in [1.165, 1.54) is 0 Å². The lowest BCUT2D eigenvalue weighted by atomic mass is 10.2. The van der Waals surface area contributed by atoms with Crippen molar-refractivity contribution < 1.29 is 4.74 Å². The molecule has 1 rings (SSSR count). The van der Waals surface area contributed by atoms with Crippen molar-refractivity contribution in [3.8, 4) is 0 Å². The van der Waals surface area contributed by atoms with Crippen molar-refractivity contribution in [3.05, 3.63) is 11.9 Å². The monoisotopic (exact) mass is 294 g/mol. The van der Waals surface area contributed by atoms with Gasteiger partial charge < -0.3 is 15.4 Å². The smallest absolute Gasteiger partial charge is 0.132 e. The van der Waals surface area contributed by atoms with Crippen LogP contribution in [0.4, 0.5) is 11.6 Å². The fourth-order valence-electron chi connectivity index (χ4n) is 1.80. The third-order valence-electron chi connectivity index (χ3n) is 2.87. The van der Waals surface area contributed by atoms with E-state index >= 15 is 0 Å². The summed E-state index contributed by atoms with van der Waals surface area (Å²) in [6.07, 6.45) is 2.91. The van der Waals surface area contributed by atoms with Gasteiger partial charge in [-0.3, -0.25) is 0 Å². The molecule has 0 spiro atoms. The average molecular weight is 294 g/mol. The molecule has 0 atom stereocenters. The fraction of sp³-hybridized carbons (Fsp3) is 0.750. The van der Waals surface area contributed by atoms with Crippen LogP contribution in [0.1, 0.15) is 46.4 Å². The van der Waals surface area contributed by atoms with Crippen molar-refractivity contribution in [2.75, 3.05) is 36.9 Å². The van der Waals surface area contributed by atoms with Crippen molar-refractivity contribution in [2.24, 2.45) is 5.92 Å². The maximum absolute atomic E-state index is 5.57. The van der Waals surface area contributed by atoms with Gasteiger partial charge in [0.05, 0.1) is 0 Å². The molecule has 0 aliphatic rings. The summed E-state index contributed by atoms with van der Waals surface area (Å²) in [7, 11) is 0. The summed E-state index contributed by atoms with van der Waals surface area (Å²) >= 11 is 0. The van der Waals surface area contributed by atoms with Crippen molar-refractivity contribution in [3.63, 3.8) is 0 Å². The molecule has 0 radical (unpaired) electrons. The lowest BCUT2D eigenvalue weighted by molar-refractivity contribution is 0.110. The molecule has 1 heterocycles. The highest BCUT2D eigenvalue weighted by atomic mass is 16.5. The fourth-order valence-corrected chi connectivity index (χ4v) is 1.80. The summed E-state index contributed by atoms with van der Waals surface area (Å²) in [5.41, 5.74) is 0. The van der Waals surface area contributed by atoms with E-state index in [4.69, 9.17) is 4.74 Å². The molecule has 0 aliphatic heterocycles. The first-order valence-corrected chi connectivity index (χ1v) is 8.09. The van der Waals surface area contributed by atoms with E-state index in [-0.39, 0.29) is 0 Å². The van der Waals surface area contributed by atoms with Crippen molar-refractivity contribution in [1.82, 2.24) is 9.97 Å². The minimum absolute atomic E-state index is 0.596. The molecule has 5 heteroatoms. The van der Waals surface area contributed by atoms with E-state index < -0.39 is 0 Å². The lowest BCUT2D eigenvalue weighted by Gasteiger charge is -2.11. The van der Waals surface area contributed by atoms with Crippen LogP contribution >= 0.6 is 0 Å². The van der Waals surface area contributed by atoms with Gasteiger partial charge >= 0.3 is 0 Å². The van der Waals surface area contributed by atoms with Gasteiger partial charge in [0, 0.05) is 38.8 Å². The van der Waals surface area contributed by atoms with Crippen LogP contribution in [0.5, 0.6) is 0 Å². The van der Waals surface area contributed by atoms with Crippen LogP contribution in [0.15, 0.2) is 6.07 Å². The van der Waals surface area contributed by atoms with Crippen LogP contribution in [-0.4, -0.2) is 36.3 Å². The molecule has 0 amide bonds. The van der Waals surface area contributed by atoms with Gasteiger partial charge in [0.2, 0.25) is 0 Å². The topological polar surface area (TPSA) is 59.1 Å². The van der Waals surface area contributed by atoms with E-state index in [0.29, 0.717) is 5.92 Å². The number of aromatic nitrogens is 2. The van der Waals surface area contributed by atoms with Gasteiger partial charge in [-0.05, 0) is 18.8 Å². The summed E-state index contributed by atoms with van der Waals surface area (Å²) in [5, 5.41) is 6.67. The number of nitrogens with one attached hydrogen (secondary N) is 2. The molecule has 5 nitrogen and oxygen atoms in total. The maximum Gasteiger partial charge on any atom is 0.132 e. The van der Waals surface area contributed by atoms with Gasteiger partial charge in [-0.2, -0.15) is 0 Å². The minimum atomic E-state index is 0.596. The SMILES string of the molecule is CCCNc1cc(NCCCOCC(C)C)nc(CC)n1. The Morgan fingerprint density at radius 2 is 1.76 bits per heavy atom. The van der Waals surface area contributed by atoms with Crippen molar-refractivity contribution in [1.29, 1.82) is 0 Å². The first-order valence-electron chi connectivity index (χ1n) is 8.09. The summed E-state index contributed by atoms with van der Waals surface area (Å²) in [6.45, 7) is 12.0. The molecule has 1 aromatic rings. The predicted molar refractivity (Wildman–Crippen MR) is 89.0 cm³/mol. The number of rotatable bonds is 11. The van der Waals surface area contributed by atoms with Gasteiger partial charge in [-0.1, -0.05) is 27.7 Å². The highest BCUT2D eigenvalue weighted by Crippen LogP contribution is 2.12. The Bertz CT molecular complexity index is 396. The highest BCUT2D eigenvalue weighted by molar-refractivity contribution is 5.47. The second kappa shape index (κ2) is 10.4. The van der Waals surface area contributed by atoms with Gasteiger partial charge in [0.25, 0.3) is 0 Å². The van der Waals surface area contributed by atoms with Crippen LogP contribution in [0.3, 0.4) is 0 Å². The Kier molecular flexibility index (Phi) is 8.74. The summed E-state index contributed by atoms with van der Waals surface area (Å²) in [5.74, 6) is 3.26. The standard InChI is InChI=1S/C16H30N4O/c1-5-8-17-15-11-16(20-14(6-2)19-15)18-9-7-10-21-12-13(3)4/h11,13H,5-10,12H2,1-4H3,(H2,17,18,19,20). The van der Waals surface area contributed by atoms with E-state index in [9.17, 15) is 0 Å². The number of ether oxygens (including phenoxy) is 1. The predicted octanol–water partition coefficient (Wildman–Crippen LogP) is 3.34. The zero-order valence-electron chi connectivity index (χ0n) is 13.9. The van der Waals surface area contributed by atoms with Gasteiger partial charge in [0.15, 0.2) is 0 Å². The van der Waals surface area contributed by atoms with E-state index in [2.05, 4.69) is 48.3 Å². The first kappa shape index (κ1) is 17.7. The quantitative estimate of drug-likeness (QED) is 0.613. The Balaban J connectivity index is 2.39. The number of nitrogens with zero attached hydrogens (tertiary/aromatic N) is 2. The van der Waals surface area contributed by atoms with Crippen molar-refractivity contribution >= 4 is 11.6 Å². The Labute approximate surface area is 128 Å². The number of aryl methyl sites for hydroxylation is 1. The van der Waals surface area contributed by atoms with Gasteiger partial charge in [-0.15, -0.1) is 0 Å². The molecular formula is C16H30N4O. The zero-order chi connectivity index (χ0) is 15.5. The first-order chi connectivity index (χ1) is 10.2. The largest absolute Gasteiger partial charge is 0.381 e. The molecule has 0 aliphatic carbocycles. The second-order valence-corrected chi connectivity index (χ2v) is 5.58. The summed E-state index contributed by atoms with van der Waals surface area (Å²) in [6, 6.07) is 1.98. The molecule has 0 saturated carbocycles. The molecule has 21 heavy (non-hydrogen) atoms. The van der Waals surface area contributed by atoms with Crippen LogP contribution in [0.2, 0.25) is 0 Å². The van der Waals surface area contributed by atoms with Crippen LogP contribution < -0.4 is 10.6 Å². The maximum atomic E-state index is 5.57. The molecule has 0 saturated heterocycles.